The molecule has 2 rings (SSSR count). The van der Waals surface area contributed by atoms with Crippen LogP contribution >= 0.6 is 11.6 Å². The van der Waals surface area contributed by atoms with E-state index in [4.69, 9.17) is 11.6 Å². The monoisotopic (exact) mass is 282 g/mol. The molecule has 1 aliphatic rings. The molecule has 1 atom stereocenters. The molecule has 0 amide bonds. The zero-order valence-electron chi connectivity index (χ0n) is 12.0. The van der Waals surface area contributed by atoms with Gasteiger partial charge in [0.25, 0.3) is 0 Å². The normalized spacial score (nSPS) is 20.8. The lowest BCUT2D eigenvalue weighted by Crippen LogP contribution is -2.42. The van der Waals surface area contributed by atoms with E-state index in [2.05, 4.69) is 41.0 Å². The molecule has 0 aromatic carbocycles. The number of hydrogen-bond acceptors (Lipinski definition) is 4. The number of aromatic nitrogens is 2. The van der Waals surface area contributed by atoms with Gasteiger partial charge in [0.1, 0.15) is 17.3 Å². The summed E-state index contributed by atoms with van der Waals surface area (Å²) in [5, 5.41) is 4.12. The quantitative estimate of drug-likeness (QED) is 0.862. The Balaban J connectivity index is 2.12. The lowest BCUT2D eigenvalue weighted by molar-refractivity contribution is 0.226. The highest BCUT2D eigenvalue weighted by Crippen LogP contribution is 2.29. The van der Waals surface area contributed by atoms with Crippen molar-refractivity contribution in [3.8, 4) is 0 Å². The molecular weight excluding hydrogens is 260 g/mol. The SMILES string of the molecule is CCN1CCCC(Nc2ncnc(Cl)c2C(C)C)C1. The van der Waals surface area contributed by atoms with Crippen molar-refractivity contribution in [2.75, 3.05) is 25.0 Å². The first-order valence-electron chi connectivity index (χ1n) is 7.11. The second-order valence-corrected chi connectivity index (χ2v) is 5.82. The number of rotatable bonds is 4. The molecule has 1 fully saturated rings. The number of hydrogen-bond donors (Lipinski definition) is 1. The highest BCUT2D eigenvalue weighted by atomic mass is 35.5. The van der Waals surface area contributed by atoms with Crippen molar-refractivity contribution in [1.29, 1.82) is 0 Å². The van der Waals surface area contributed by atoms with Gasteiger partial charge >= 0.3 is 0 Å². The van der Waals surface area contributed by atoms with Gasteiger partial charge in [-0.1, -0.05) is 32.4 Å². The summed E-state index contributed by atoms with van der Waals surface area (Å²) >= 11 is 6.20. The third kappa shape index (κ3) is 3.57. The van der Waals surface area contributed by atoms with E-state index in [1.54, 1.807) is 0 Å². The number of nitrogens with one attached hydrogen (secondary N) is 1. The number of piperidine rings is 1. The molecular formula is C14H23ClN4. The number of nitrogens with zero attached hydrogens (tertiary/aromatic N) is 3. The maximum Gasteiger partial charge on any atom is 0.138 e. The van der Waals surface area contributed by atoms with Crippen LogP contribution in [0.2, 0.25) is 5.15 Å². The van der Waals surface area contributed by atoms with Crippen molar-refractivity contribution < 1.29 is 0 Å². The van der Waals surface area contributed by atoms with Gasteiger partial charge in [0.2, 0.25) is 0 Å². The van der Waals surface area contributed by atoms with Crippen LogP contribution in [0.15, 0.2) is 6.33 Å². The fourth-order valence-corrected chi connectivity index (χ4v) is 3.01. The van der Waals surface area contributed by atoms with Crippen LogP contribution in [0.1, 0.15) is 45.1 Å². The molecule has 1 N–H and O–H groups in total. The summed E-state index contributed by atoms with van der Waals surface area (Å²) in [6, 6.07) is 0.456. The number of likely N-dealkylation sites (tertiary alicyclic amines) is 1. The molecule has 1 unspecified atom stereocenters. The first-order valence-corrected chi connectivity index (χ1v) is 7.48. The third-order valence-corrected chi connectivity index (χ3v) is 4.01. The summed E-state index contributed by atoms with van der Waals surface area (Å²) < 4.78 is 0. The van der Waals surface area contributed by atoms with Crippen LogP contribution < -0.4 is 5.32 Å². The minimum atomic E-state index is 0.321. The smallest absolute Gasteiger partial charge is 0.138 e. The van der Waals surface area contributed by atoms with Gasteiger partial charge in [-0.15, -0.1) is 0 Å². The van der Waals surface area contributed by atoms with Crippen LogP contribution in [0.5, 0.6) is 0 Å². The average Bonchev–Trinajstić information content (AvgIpc) is 2.38. The van der Waals surface area contributed by atoms with Crippen LogP contribution in [0.3, 0.4) is 0 Å². The summed E-state index contributed by atoms with van der Waals surface area (Å²) in [7, 11) is 0. The van der Waals surface area contributed by atoms with E-state index in [0.29, 0.717) is 17.1 Å². The number of likely N-dealkylation sites (N-methyl/N-ethyl adjacent to an activating group) is 1. The molecule has 1 aromatic rings. The molecule has 5 heteroatoms. The van der Waals surface area contributed by atoms with Crippen molar-refractivity contribution in [3.63, 3.8) is 0 Å². The summed E-state index contributed by atoms with van der Waals surface area (Å²) in [4.78, 5) is 10.9. The maximum atomic E-state index is 6.20. The largest absolute Gasteiger partial charge is 0.366 e. The van der Waals surface area contributed by atoms with E-state index in [1.807, 2.05) is 0 Å². The van der Waals surface area contributed by atoms with Gasteiger partial charge in [-0.3, -0.25) is 0 Å². The molecule has 0 bridgehead atoms. The minimum Gasteiger partial charge on any atom is -0.366 e. The lowest BCUT2D eigenvalue weighted by Gasteiger charge is -2.33. The second-order valence-electron chi connectivity index (χ2n) is 5.46. The Morgan fingerprint density at radius 2 is 2.26 bits per heavy atom. The average molecular weight is 283 g/mol. The molecule has 4 nitrogen and oxygen atoms in total. The van der Waals surface area contributed by atoms with Crippen molar-refractivity contribution in [1.82, 2.24) is 14.9 Å². The Morgan fingerprint density at radius 1 is 1.47 bits per heavy atom. The first-order chi connectivity index (χ1) is 9.11. The molecule has 1 aliphatic heterocycles. The van der Waals surface area contributed by atoms with E-state index in [-0.39, 0.29) is 0 Å². The van der Waals surface area contributed by atoms with Gasteiger partial charge in [0.15, 0.2) is 0 Å². The van der Waals surface area contributed by atoms with E-state index < -0.39 is 0 Å². The molecule has 1 aromatic heterocycles. The van der Waals surface area contributed by atoms with Gasteiger partial charge in [-0.25, -0.2) is 9.97 Å². The zero-order chi connectivity index (χ0) is 13.8. The van der Waals surface area contributed by atoms with Crippen LogP contribution in [-0.4, -0.2) is 40.5 Å². The van der Waals surface area contributed by atoms with Gasteiger partial charge in [-0.05, 0) is 31.8 Å². The fourth-order valence-electron chi connectivity index (χ4n) is 2.65. The molecule has 2 heterocycles. The van der Waals surface area contributed by atoms with Gasteiger partial charge in [0, 0.05) is 18.2 Å². The van der Waals surface area contributed by atoms with Crippen molar-refractivity contribution in [3.05, 3.63) is 17.0 Å². The van der Waals surface area contributed by atoms with Crippen LogP contribution in [0, 0.1) is 0 Å². The topological polar surface area (TPSA) is 41.0 Å². The zero-order valence-corrected chi connectivity index (χ0v) is 12.7. The van der Waals surface area contributed by atoms with Gasteiger partial charge in [-0.2, -0.15) is 0 Å². The van der Waals surface area contributed by atoms with E-state index >= 15 is 0 Å². The van der Waals surface area contributed by atoms with Crippen molar-refractivity contribution in [2.24, 2.45) is 0 Å². The molecule has 0 saturated carbocycles. The Morgan fingerprint density at radius 3 is 2.95 bits per heavy atom. The number of anilines is 1. The standard InChI is InChI=1S/C14H23ClN4/c1-4-19-7-5-6-11(8-19)18-14-12(10(2)3)13(15)16-9-17-14/h9-11H,4-8H2,1-3H3,(H,16,17,18). The van der Waals surface area contributed by atoms with E-state index in [1.165, 1.54) is 25.7 Å². The van der Waals surface area contributed by atoms with Crippen LogP contribution in [0.4, 0.5) is 5.82 Å². The number of halogens is 1. The second kappa shape index (κ2) is 6.53. The minimum absolute atomic E-state index is 0.321. The van der Waals surface area contributed by atoms with Gasteiger partial charge < -0.3 is 10.2 Å². The van der Waals surface area contributed by atoms with Crippen LogP contribution in [-0.2, 0) is 0 Å². The molecule has 1 saturated heterocycles. The maximum absolute atomic E-state index is 6.20. The summed E-state index contributed by atoms with van der Waals surface area (Å²) in [6.45, 7) is 9.85. The fraction of sp³-hybridized carbons (Fsp3) is 0.714. The van der Waals surface area contributed by atoms with Gasteiger partial charge in [0.05, 0.1) is 0 Å². The molecule has 19 heavy (non-hydrogen) atoms. The Bertz CT molecular complexity index is 422. The third-order valence-electron chi connectivity index (χ3n) is 3.71. The summed E-state index contributed by atoms with van der Waals surface area (Å²) in [5.74, 6) is 1.22. The van der Waals surface area contributed by atoms with E-state index in [9.17, 15) is 0 Å². The van der Waals surface area contributed by atoms with Crippen molar-refractivity contribution >= 4 is 17.4 Å². The Kier molecular flexibility index (Phi) is 4.99. The van der Waals surface area contributed by atoms with Crippen LogP contribution in [0.25, 0.3) is 0 Å². The predicted molar refractivity (Wildman–Crippen MR) is 79.9 cm³/mol. The predicted octanol–water partition coefficient (Wildman–Crippen LogP) is 3.15. The highest BCUT2D eigenvalue weighted by molar-refractivity contribution is 6.30. The summed E-state index contributed by atoms with van der Waals surface area (Å²) in [6.07, 6.45) is 3.97. The molecule has 0 spiro atoms. The summed E-state index contributed by atoms with van der Waals surface area (Å²) in [5.41, 5.74) is 1.03. The lowest BCUT2D eigenvalue weighted by atomic mass is 10.0. The van der Waals surface area contributed by atoms with Crippen molar-refractivity contribution in [2.45, 2.75) is 45.6 Å². The highest BCUT2D eigenvalue weighted by Gasteiger charge is 2.21. The van der Waals surface area contributed by atoms with E-state index in [0.717, 1.165) is 24.5 Å². The first kappa shape index (κ1) is 14.5. The molecule has 0 aliphatic carbocycles. The Hall–Kier alpha value is -0.870. The Labute approximate surface area is 120 Å². The molecule has 106 valence electrons. The molecule has 0 radical (unpaired) electrons.